The third-order valence-electron chi connectivity index (χ3n) is 5.46. The zero-order chi connectivity index (χ0) is 24.5. The van der Waals surface area contributed by atoms with Gasteiger partial charge in [-0.3, -0.25) is 9.59 Å². The number of carbonyl (C=O) groups is 3. The number of Topliss-reactive ketones (excluding diaryl/α,β-unsaturated/α-hetero) is 1. The topological polar surface area (TPSA) is 100 Å². The van der Waals surface area contributed by atoms with Gasteiger partial charge in [0, 0.05) is 13.3 Å². The molecule has 0 aliphatic heterocycles. The van der Waals surface area contributed by atoms with Gasteiger partial charge < -0.3 is 15.2 Å². The van der Waals surface area contributed by atoms with Gasteiger partial charge in [0.1, 0.15) is 6.04 Å². The normalized spacial score (nSPS) is 11.3. The van der Waals surface area contributed by atoms with E-state index in [1.807, 2.05) is 91.0 Å². The van der Waals surface area contributed by atoms with Gasteiger partial charge in [-0.25, -0.2) is 4.79 Å². The van der Waals surface area contributed by atoms with Crippen molar-refractivity contribution in [1.29, 1.82) is 0 Å². The molecule has 0 N–H and O–H groups in total. The molecular weight excluding hydrogens is 430 g/mol. The summed E-state index contributed by atoms with van der Waals surface area (Å²) in [5.41, 5.74) is 11.1. The number of carbonyl (C=O) groups excluding carboxylic acids is 3. The maximum Gasteiger partial charge on any atom is 0.421 e. The Labute approximate surface area is 198 Å². The highest BCUT2D eigenvalue weighted by molar-refractivity contribution is 6.63. The highest BCUT2D eigenvalue weighted by Gasteiger charge is 2.43. The number of esters is 1. The zero-order valence-electron chi connectivity index (χ0n) is 19.0. The molecule has 0 bridgehead atoms. The van der Waals surface area contributed by atoms with E-state index < -0.39 is 35.5 Å². The van der Waals surface area contributed by atoms with Crippen molar-refractivity contribution >= 4 is 23.4 Å². The first kappa shape index (κ1) is 24.3. The minimum atomic E-state index is -1.11. The fourth-order valence-electron chi connectivity index (χ4n) is 3.88. The van der Waals surface area contributed by atoms with Gasteiger partial charge in [0.05, 0.1) is 13.2 Å². The molecule has 0 heterocycles. The Bertz CT molecular complexity index is 1150. The number of methoxy groups -OCH3 is 1. The van der Waals surface area contributed by atoms with Gasteiger partial charge in [-0.15, -0.1) is 0 Å². The van der Waals surface area contributed by atoms with E-state index in [1.54, 1.807) is 0 Å². The number of amides is 1. The highest BCUT2D eigenvalue weighted by atomic mass is 16.5. The van der Waals surface area contributed by atoms with E-state index in [-0.39, 0.29) is 6.42 Å². The predicted octanol–water partition coefficient (Wildman–Crippen LogP) is 3.65. The molecule has 1 amide bonds. The van der Waals surface area contributed by atoms with Crippen molar-refractivity contribution in [3.63, 3.8) is 0 Å². The molecule has 3 aromatic rings. The summed E-state index contributed by atoms with van der Waals surface area (Å²) in [7, 11) is 1.25. The second-order valence-electron chi connectivity index (χ2n) is 7.67. The standard InChI is InChI=1S/C27H25N3O4/c1-19(31)24(29-28)26(32)30(23(27(33)34-2)18-20-12-6-3-7-13-20)25(21-14-8-4-9-15-21)22-16-10-5-11-17-22/h3-17,23,25H,18H2,1-2H3. The van der Waals surface area contributed by atoms with E-state index in [4.69, 9.17) is 4.74 Å². The van der Waals surface area contributed by atoms with Gasteiger partial charge in [0.25, 0.3) is 0 Å². The minimum absolute atomic E-state index is 0.131. The third-order valence-corrected chi connectivity index (χ3v) is 5.46. The number of hydrogen-bond acceptors (Lipinski definition) is 4. The van der Waals surface area contributed by atoms with Crippen LogP contribution in [0.5, 0.6) is 0 Å². The Morgan fingerprint density at radius 1 is 0.853 bits per heavy atom. The summed E-state index contributed by atoms with van der Waals surface area (Å²) in [6.45, 7) is 1.13. The summed E-state index contributed by atoms with van der Waals surface area (Å²) >= 11 is 0. The number of hydrogen-bond donors (Lipinski definition) is 0. The second kappa shape index (κ2) is 11.5. The molecule has 34 heavy (non-hydrogen) atoms. The smallest absolute Gasteiger partial charge is 0.421 e. The lowest BCUT2D eigenvalue weighted by molar-refractivity contribution is -0.153. The van der Waals surface area contributed by atoms with Crippen LogP contribution < -0.4 is 0 Å². The average molecular weight is 456 g/mol. The van der Waals surface area contributed by atoms with Crippen LogP contribution >= 0.6 is 0 Å². The number of ketones is 1. The molecule has 0 aliphatic rings. The van der Waals surface area contributed by atoms with Gasteiger partial charge in [0.15, 0.2) is 0 Å². The van der Waals surface area contributed by atoms with Crippen molar-refractivity contribution < 1.29 is 23.9 Å². The maximum atomic E-state index is 13.8. The average Bonchev–Trinajstić information content (AvgIpc) is 2.87. The van der Waals surface area contributed by atoms with Crippen molar-refractivity contribution in [2.75, 3.05) is 7.11 Å². The van der Waals surface area contributed by atoms with Gasteiger partial charge >= 0.3 is 17.6 Å². The Kier molecular flexibility index (Phi) is 8.21. The van der Waals surface area contributed by atoms with Gasteiger partial charge in [-0.2, -0.15) is 4.79 Å². The lowest BCUT2D eigenvalue weighted by atomic mass is 9.93. The summed E-state index contributed by atoms with van der Waals surface area (Å²) in [5, 5.41) is 0. The number of rotatable bonds is 9. The van der Waals surface area contributed by atoms with E-state index >= 15 is 0 Å². The van der Waals surface area contributed by atoms with E-state index in [0.717, 1.165) is 12.5 Å². The molecule has 0 saturated carbocycles. The monoisotopic (exact) mass is 455 g/mol. The predicted molar refractivity (Wildman–Crippen MR) is 127 cm³/mol. The highest BCUT2D eigenvalue weighted by Crippen LogP contribution is 2.32. The van der Waals surface area contributed by atoms with Crippen molar-refractivity contribution in [3.8, 4) is 0 Å². The van der Waals surface area contributed by atoms with Gasteiger partial charge in [-0.05, 0) is 16.7 Å². The molecule has 0 aliphatic carbocycles. The van der Waals surface area contributed by atoms with E-state index in [1.165, 1.54) is 12.0 Å². The Balaban J connectivity index is 2.27. The molecule has 1 atom stereocenters. The Hall–Kier alpha value is -4.35. The van der Waals surface area contributed by atoms with Crippen LogP contribution in [0.1, 0.15) is 29.7 Å². The zero-order valence-corrected chi connectivity index (χ0v) is 19.0. The van der Waals surface area contributed by atoms with Gasteiger partial charge in [-0.1, -0.05) is 91.0 Å². The van der Waals surface area contributed by atoms with Gasteiger partial charge in [0.2, 0.25) is 5.78 Å². The maximum absolute atomic E-state index is 13.8. The molecule has 3 rings (SSSR count). The van der Waals surface area contributed by atoms with Crippen LogP contribution in [0.15, 0.2) is 91.0 Å². The Morgan fingerprint density at radius 3 is 1.74 bits per heavy atom. The summed E-state index contributed by atoms with van der Waals surface area (Å²) in [6.07, 6.45) is 0.131. The van der Waals surface area contributed by atoms with Crippen molar-refractivity contribution in [2.24, 2.45) is 0 Å². The molecular formula is C27H25N3O4. The van der Waals surface area contributed by atoms with Crippen LogP contribution in [-0.4, -0.2) is 46.2 Å². The molecule has 0 saturated heterocycles. The molecule has 0 fully saturated rings. The molecule has 7 heteroatoms. The number of ether oxygens (including phenoxy) is 1. The summed E-state index contributed by atoms with van der Waals surface area (Å²) in [4.78, 5) is 43.3. The first-order chi connectivity index (χ1) is 16.5. The van der Waals surface area contributed by atoms with Crippen LogP contribution in [0.4, 0.5) is 0 Å². The summed E-state index contributed by atoms with van der Waals surface area (Å²) in [5.74, 6) is -2.25. The molecule has 7 nitrogen and oxygen atoms in total. The Morgan fingerprint density at radius 2 is 1.32 bits per heavy atom. The molecule has 0 radical (unpaired) electrons. The van der Waals surface area contributed by atoms with Crippen LogP contribution in [0.2, 0.25) is 0 Å². The van der Waals surface area contributed by atoms with E-state index in [9.17, 15) is 19.9 Å². The first-order valence-electron chi connectivity index (χ1n) is 10.7. The molecule has 0 spiro atoms. The van der Waals surface area contributed by atoms with Crippen molar-refractivity contribution in [2.45, 2.75) is 25.4 Å². The second-order valence-corrected chi connectivity index (χ2v) is 7.67. The van der Waals surface area contributed by atoms with Crippen molar-refractivity contribution in [3.05, 3.63) is 113 Å². The van der Waals surface area contributed by atoms with Crippen LogP contribution in [0, 0.1) is 0 Å². The summed E-state index contributed by atoms with van der Waals surface area (Å²) in [6, 6.07) is 25.6. The fraction of sp³-hybridized carbons (Fsp3) is 0.185. The van der Waals surface area contributed by atoms with Crippen molar-refractivity contribution in [1.82, 2.24) is 4.90 Å². The van der Waals surface area contributed by atoms with E-state index in [0.29, 0.717) is 11.1 Å². The number of benzene rings is 3. The molecule has 1 unspecified atom stereocenters. The molecule has 0 aromatic heterocycles. The molecule has 3 aromatic carbocycles. The lowest BCUT2D eigenvalue weighted by Gasteiger charge is -2.36. The fourth-order valence-corrected chi connectivity index (χ4v) is 3.88. The quantitative estimate of drug-likeness (QED) is 0.162. The molecule has 172 valence electrons. The lowest BCUT2D eigenvalue weighted by Crippen LogP contribution is -2.52. The SMILES string of the molecule is COC(=O)C(Cc1ccccc1)N(C(=O)C(=[N+]=[N-])C(C)=O)C(c1ccccc1)c1ccccc1. The third kappa shape index (κ3) is 5.52. The van der Waals surface area contributed by atoms with Crippen LogP contribution in [0.25, 0.3) is 5.53 Å². The first-order valence-corrected chi connectivity index (χ1v) is 10.7. The minimum Gasteiger partial charge on any atom is -0.467 e. The van der Waals surface area contributed by atoms with Crippen LogP contribution in [0.3, 0.4) is 0 Å². The largest absolute Gasteiger partial charge is 0.467 e. The summed E-state index contributed by atoms with van der Waals surface area (Å²) < 4.78 is 5.09. The van der Waals surface area contributed by atoms with Crippen LogP contribution in [-0.2, 0) is 25.5 Å². The number of nitrogens with zero attached hydrogens (tertiary/aromatic N) is 3. The van der Waals surface area contributed by atoms with E-state index in [2.05, 4.69) is 4.79 Å².